The number of aromatic nitrogens is 2. The molecule has 1 aromatic heterocycles. The number of carbonyl (C=O) groups is 1. The van der Waals surface area contributed by atoms with Crippen LogP contribution < -0.4 is 5.32 Å². The molecular weight excluding hydrogens is 510 g/mol. The van der Waals surface area contributed by atoms with Gasteiger partial charge in [0.2, 0.25) is 0 Å². The van der Waals surface area contributed by atoms with Gasteiger partial charge in [-0.25, -0.2) is 9.78 Å². The Bertz CT molecular complexity index is 1600. The molecule has 2 aromatic carbocycles. The standard InChI is InChI=1S/C33H33N7O/c1-23-35-15-16-40(23)22-25-11-13-33-12-4-14-36-31(33)29(33)30(28-6-3-2-5-27(25)28)38-17-19-39(20-18-38)32(41)37-26-9-7-24(21-34)8-10-26/h2-12,14-16,29-31H,13,17-20,22H2,1H3,(H,37,41)/b25-11-. The average molecular weight is 544 g/mol. The Kier molecular flexibility index (Phi) is 6.32. The zero-order valence-corrected chi connectivity index (χ0v) is 23.1. The molecule has 3 aromatic rings. The topological polar surface area (TPSA) is 89.6 Å². The van der Waals surface area contributed by atoms with Gasteiger partial charge in [-0.05, 0) is 60.4 Å². The van der Waals surface area contributed by atoms with Gasteiger partial charge in [0, 0.05) is 74.4 Å². The Hall–Kier alpha value is -4.48. The summed E-state index contributed by atoms with van der Waals surface area (Å²) in [5.74, 6) is 1.41. The number of allylic oxidation sites excluding steroid dienone is 3. The van der Waals surface area contributed by atoms with Crippen LogP contribution in [0.5, 0.6) is 0 Å². The van der Waals surface area contributed by atoms with E-state index >= 15 is 0 Å². The van der Waals surface area contributed by atoms with E-state index in [-0.39, 0.29) is 23.5 Å². The highest BCUT2D eigenvalue weighted by molar-refractivity contribution is 5.89. The van der Waals surface area contributed by atoms with Crippen LogP contribution in [0.25, 0.3) is 5.57 Å². The van der Waals surface area contributed by atoms with Crippen molar-refractivity contribution in [2.24, 2.45) is 16.3 Å². The summed E-state index contributed by atoms with van der Waals surface area (Å²) in [7, 11) is 0. The number of hydrogen-bond donors (Lipinski definition) is 1. The molecule has 2 amide bonds. The zero-order chi connectivity index (χ0) is 28.0. The predicted molar refractivity (Wildman–Crippen MR) is 159 cm³/mol. The average Bonchev–Trinajstić information content (AvgIpc) is 3.46. The molecule has 0 bridgehead atoms. The van der Waals surface area contributed by atoms with Crippen molar-refractivity contribution in [3.8, 4) is 6.07 Å². The third kappa shape index (κ3) is 4.47. The number of nitriles is 1. The minimum absolute atomic E-state index is 0.0340. The molecule has 3 heterocycles. The number of carbonyl (C=O) groups excluding carboxylic acids is 1. The fourth-order valence-electron chi connectivity index (χ4n) is 7.08. The lowest BCUT2D eigenvalue weighted by atomic mass is 9.83. The van der Waals surface area contributed by atoms with E-state index in [1.54, 1.807) is 24.3 Å². The van der Waals surface area contributed by atoms with Crippen molar-refractivity contribution in [2.45, 2.75) is 32.0 Å². The van der Waals surface area contributed by atoms with E-state index in [1.807, 2.05) is 17.3 Å². The molecule has 206 valence electrons. The summed E-state index contributed by atoms with van der Waals surface area (Å²) in [5, 5.41) is 12.0. The van der Waals surface area contributed by atoms with E-state index in [2.05, 4.69) is 81.5 Å². The fraction of sp³-hybridized carbons (Fsp3) is 0.333. The number of rotatable bonds is 4. The van der Waals surface area contributed by atoms with Gasteiger partial charge < -0.3 is 14.8 Å². The summed E-state index contributed by atoms with van der Waals surface area (Å²) < 4.78 is 2.22. The molecule has 1 saturated heterocycles. The maximum atomic E-state index is 13.1. The SMILES string of the molecule is Cc1nccn1C/C1=C/CC23C=CC=NC2C3C(N2CCN(C(=O)Nc3ccc(C#N)cc3)CC2)c2ccccc21. The second kappa shape index (κ2) is 10.2. The fourth-order valence-corrected chi connectivity index (χ4v) is 7.08. The zero-order valence-electron chi connectivity index (χ0n) is 23.1. The van der Waals surface area contributed by atoms with Gasteiger partial charge >= 0.3 is 6.03 Å². The van der Waals surface area contributed by atoms with Crippen LogP contribution in [0, 0.1) is 29.6 Å². The summed E-state index contributed by atoms with van der Waals surface area (Å²) >= 11 is 0. The highest BCUT2D eigenvalue weighted by atomic mass is 16.2. The number of anilines is 1. The summed E-state index contributed by atoms with van der Waals surface area (Å²) in [6.07, 6.45) is 13.8. The number of hydrogen-bond acceptors (Lipinski definition) is 5. The molecule has 2 aliphatic carbocycles. The summed E-state index contributed by atoms with van der Waals surface area (Å²) in [6, 6.07) is 18.4. The lowest BCUT2D eigenvalue weighted by molar-refractivity contribution is 0.0966. The van der Waals surface area contributed by atoms with Crippen LogP contribution in [0.15, 0.2) is 84.1 Å². The minimum Gasteiger partial charge on any atom is -0.331 e. The van der Waals surface area contributed by atoms with Gasteiger partial charge in [-0.15, -0.1) is 0 Å². The molecule has 2 aliphatic heterocycles. The van der Waals surface area contributed by atoms with Crippen molar-refractivity contribution in [3.05, 3.63) is 102 Å². The normalized spacial score (nSPS) is 27.8. The Morgan fingerprint density at radius 1 is 1.12 bits per heavy atom. The lowest BCUT2D eigenvalue weighted by Crippen LogP contribution is -2.51. The highest BCUT2D eigenvalue weighted by Crippen LogP contribution is 2.67. The van der Waals surface area contributed by atoms with Crippen LogP contribution >= 0.6 is 0 Å². The molecule has 1 spiro atoms. The molecule has 8 heteroatoms. The van der Waals surface area contributed by atoms with Crippen LogP contribution in [0.2, 0.25) is 0 Å². The van der Waals surface area contributed by atoms with Gasteiger partial charge in [0.25, 0.3) is 0 Å². The van der Waals surface area contributed by atoms with E-state index in [1.165, 1.54) is 16.7 Å². The third-order valence-electron chi connectivity index (χ3n) is 9.33. The number of piperazine rings is 1. The molecule has 2 fully saturated rings. The maximum absolute atomic E-state index is 13.1. The Labute approximate surface area is 240 Å². The molecule has 4 atom stereocenters. The van der Waals surface area contributed by atoms with Crippen molar-refractivity contribution in [3.63, 3.8) is 0 Å². The Balaban J connectivity index is 1.16. The first-order valence-corrected chi connectivity index (χ1v) is 14.3. The molecule has 7 rings (SSSR count). The molecule has 8 nitrogen and oxygen atoms in total. The van der Waals surface area contributed by atoms with E-state index < -0.39 is 0 Å². The Morgan fingerprint density at radius 2 is 1.93 bits per heavy atom. The first kappa shape index (κ1) is 25.5. The van der Waals surface area contributed by atoms with E-state index in [0.29, 0.717) is 30.3 Å². The predicted octanol–water partition coefficient (Wildman–Crippen LogP) is 5.07. The number of amides is 2. The van der Waals surface area contributed by atoms with Crippen molar-refractivity contribution in [1.82, 2.24) is 19.4 Å². The molecule has 41 heavy (non-hydrogen) atoms. The van der Waals surface area contributed by atoms with Crippen LogP contribution in [-0.4, -0.2) is 63.8 Å². The van der Waals surface area contributed by atoms with Crippen LogP contribution in [-0.2, 0) is 6.54 Å². The number of nitrogens with one attached hydrogen (secondary N) is 1. The number of benzene rings is 2. The minimum atomic E-state index is -0.0996. The lowest BCUT2D eigenvalue weighted by Gasteiger charge is -2.41. The van der Waals surface area contributed by atoms with E-state index in [0.717, 1.165) is 31.9 Å². The van der Waals surface area contributed by atoms with Gasteiger partial charge in [-0.3, -0.25) is 9.89 Å². The summed E-state index contributed by atoms with van der Waals surface area (Å²) in [6.45, 7) is 5.75. The van der Waals surface area contributed by atoms with Gasteiger partial charge in [0.1, 0.15) is 5.82 Å². The Morgan fingerprint density at radius 3 is 2.68 bits per heavy atom. The molecule has 0 radical (unpaired) electrons. The van der Waals surface area contributed by atoms with E-state index in [4.69, 9.17) is 10.3 Å². The summed E-state index contributed by atoms with van der Waals surface area (Å²) in [5.41, 5.74) is 5.30. The molecule has 1 N–H and O–H groups in total. The van der Waals surface area contributed by atoms with Crippen LogP contribution in [0.1, 0.15) is 35.0 Å². The second-order valence-corrected chi connectivity index (χ2v) is 11.5. The number of nitrogens with zero attached hydrogens (tertiary/aromatic N) is 6. The van der Waals surface area contributed by atoms with Crippen LogP contribution in [0.3, 0.4) is 0 Å². The molecular formula is C33H33N7O. The van der Waals surface area contributed by atoms with Crippen molar-refractivity contribution < 1.29 is 4.79 Å². The van der Waals surface area contributed by atoms with Crippen LogP contribution in [0.4, 0.5) is 10.5 Å². The van der Waals surface area contributed by atoms with E-state index in [9.17, 15) is 4.79 Å². The maximum Gasteiger partial charge on any atom is 0.321 e. The third-order valence-corrected chi connectivity index (χ3v) is 9.33. The number of dihydropyridines is 1. The number of urea groups is 1. The largest absolute Gasteiger partial charge is 0.331 e. The number of fused-ring (bicyclic) bond motifs is 2. The first-order chi connectivity index (χ1) is 20.1. The monoisotopic (exact) mass is 543 g/mol. The van der Waals surface area contributed by atoms with Crippen molar-refractivity contribution in [1.29, 1.82) is 5.26 Å². The smallest absolute Gasteiger partial charge is 0.321 e. The van der Waals surface area contributed by atoms with Crippen molar-refractivity contribution in [2.75, 3.05) is 31.5 Å². The number of imidazole rings is 1. The van der Waals surface area contributed by atoms with Gasteiger partial charge in [-0.2, -0.15) is 5.26 Å². The second-order valence-electron chi connectivity index (χ2n) is 11.5. The molecule has 4 unspecified atom stereocenters. The number of aliphatic imine (C=N–C) groups is 1. The summed E-state index contributed by atoms with van der Waals surface area (Å²) in [4.78, 5) is 27.0. The quantitative estimate of drug-likeness (QED) is 0.498. The highest BCUT2D eigenvalue weighted by Gasteiger charge is 2.67. The molecule has 1 saturated carbocycles. The molecule has 4 aliphatic rings. The van der Waals surface area contributed by atoms with Gasteiger partial charge in [0.05, 0.1) is 17.7 Å². The number of aryl methyl sites for hydroxylation is 1. The van der Waals surface area contributed by atoms with Gasteiger partial charge in [0.15, 0.2) is 0 Å². The van der Waals surface area contributed by atoms with Gasteiger partial charge in [-0.1, -0.05) is 36.4 Å². The van der Waals surface area contributed by atoms with Crippen molar-refractivity contribution >= 4 is 23.5 Å². The first-order valence-electron chi connectivity index (χ1n) is 14.3.